The van der Waals surface area contributed by atoms with Crippen LogP contribution in [0, 0.1) is 5.41 Å². The van der Waals surface area contributed by atoms with E-state index in [0.717, 1.165) is 23.9 Å². The molecule has 2 atom stereocenters. The Morgan fingerprint density at radius 3 is 2.62 bits per heavy atom. The van der Waals surface area contributed by atoms with Crippen LogP contribution < -0.4 is 5.43 Å². The minimum Gasteiger partial charge on any atom is -0.444 e. The van der Waals surface area contributed by atoms with Crippen LogP contribution in [-0.2, 0) is 9.53 Å². The highest BCUT2D eigenvalue weighted by Gasteiger charge is 2.42. The Hall–Kier alpha value is -2.06. The predicted molar refractivity (Wildman–Crippen MR) is 100 cm³/mol. The number of carbonyl (C=O) groups excluding carboxylic acids is 2. The zero-order valence-electron chi connectivity index (χ0n) is 15.2. The monoisotopic (exact) mass is 376 g/mol. The lowest BCUT2D eigenvalue weighted by Gasteiger charge is -2.29. The highest BCUT2D eigenvalue weighted by molar-refractivity contribution is 8.12. The van der Waals surface area contributed by atoms with E-state index in [9.17, 15) is 9.59 Å². The number of nitrogens with zero attached hydrogens (tertiary/aromatic N) is 2. The van der Waals surface area contributed by atoms with Gasteiger partial charge < -0.3 is 4.74 Å². The molecule has 0 radical (unpaired) electrons. The van der Waals surface area contributed by atoms with Gasteiger partial charge in [0.1, 0.15) is 22.7 Å². The Labute approximate surface area is 157 Å². The highest BCUT2D eigenvalue weighted by atomic mass is 32.2. The van der Waals surface area contributed by atoms with Crippen molar-refractivity contribution >= 4 is 29.0 Å². The summed E-state index contributed by atoms with van der Waals surface area (Å²) in [6.07, 6.45) is 0.890. The van der Waals surface area contributed by atoms with Gasteiger partial charge in [-0.05, 0) is 39.2 Å². The molecule has 1 aromatic carbocycles. The lowest BCUT2D eigenvalue weighted by Crippen LogP contribution is -2.49. The van der Waals surface area contributed by atoms with Crippen LogP contribution in [-0.4, -0.2) is 44.5 Å². The van der Waals surface area contributed by atoms with Crippen molar-refractivity contribution in [2.24, 2.45) is 0 Å². The molecule has 2 N–H and O–H groups in total. The van der Waals surface area contributed by atoms with Gasteiger partial charge in [-0.2, -0.15) is 0 Å². The van der Waals surface area contributed by atoms with Crippen LogP contribution in [0.4, 0.5) is 4.79 Å². The van der Waals surface area contributed by atoms with Gasteiger partial charge in [-0.1, -0.05) is 30.3 Å². The molecule has 1 aromatic rings. The molecule has 2 aliphatic heterocycles. The molecule has 0 aromatic heterocycles. The van der Waals surface area contributed by atoms with Gasteiger partial charge >= 0.3 is 6.09 Å². The molecule has 8 heteroatoms. The molecule has 0 spiro atoms. The molecule has 1 unspecified atom stereocenters. The van der Waals surface area contributed by atoms with Crippen LogP contribution in [0.1, 0.15) is 45.2 Å². The van der Waals surface area contributed by atoms with Crippen molar-refractivity contribution in [1.82, 2.24) is 14.7 Å². The normalized spacial score (nSPS) is 23.4. The smallest absolute Gasteiger partial charge is 0.410 e. The third-order valence-corrected chi connectivity index (χ3v) is 5.10. The van der Waals surface area contributed by atoms with Crippen molar-refractivity contribution in [3.8, 4) is 0 Å². The van der Waals surface area contributed by atoms with E-state index in [1.54, 1.807) is 0 Å². The second kappa shape index (κ2) is 7.28. The first kappa shape index (κ1) is 18.7. The molecular weight excluding hydrogens is 352 g/mol. The van der Waals surface area contributed by atoms with E-state index in [1.165, 1.54) is 9.31 Å². The van der Waals surface area contributed by atoms with Gasteiger partial charge in [0.15, 0.2) is 0 Å². The Morgan fingerprint density at radius 2 is 1.96 bits per heavy atom. The fourth-order valence-corrected chi connectivity index (χ4v) is 3.89. The van der Waals surface area contributed by atoms with Gasteiger partial charge in [-0.25, -0.2) is 14.6 Å². The number of hydrogen-bond acceptors (Lipinski definition) is 6. The maximum Gasteiger partial charge on any atom is 0.410 e. The van der Waals surface area contributed by atoms with Gasteiger partial charge in [0.2, 0.25) is 0 Å². The number of amides is 2. The first-order valence-corrected chi connectivity index (χ1v) is 9.45. The summed E-state index contributed by atoms with van der Waals surface area (Å²) in [4.78, 5) is 26.8. The molecule has 0 bridgehead atoms. The van der Waals surface area contributed by atoms with Gasteiger partial charge in [0, 0.05) is 18.5 Å². The van der Waals surface area contributed by atoms with Crippen LogP contribution in [0.5, 0.6) is 0 Å². The predicted octanol–water partition coefficient (Wildman–Crippen LogP) is 3.10. The molecule has 0 aliphatic carbocycles. The van der Waals surface area contributed by atoms with Crippen molar-refractivity contribution in [3.63, 3.8) is 0 Å². The SMILES string of the molecule is CC(C)(C)OC(=O)N1CCC[C@H]1C(=O)N1NC(c2ccccc2)C(=N)S1. The van der Waals surface area contributed by atoms with Crippen LogP contribution in [0.3, 0.4) is 0 Å². The Balaban J connectivity index is 1.69. The van der Waals surface area contributed by atoms with Crippen molar-refractivity contribution in [2.45, 2.75) is 51.3 Å². The molecule has 2 amide bonds. The molecular formula is C18H24N4O3S. The van der Waals surface area contributed by atoms with E-state index in [1.807, 2.05) is 51.1 Å². The minimum atomic E-state index is -0.603. The van der Waals surface area contributed by atoms with Crippen LogP contribution in [0.25, 0.3) is 0 Å². The van der Waals surface area contributed by atoms with E-state index in [0.29, 0.717) is 18.0 Å². The molecule has 2 aliphatic rings. The Bertz CT molecular complexity index is 704. The topological polar surface area (TPSA) is 85.7 Å². The largest absolute Gasteiger partial charge is 0.444 e. The second-order valence-electron chi connectivity index (χ2n) is 7.39. The van der Waals surface area contributed by atoms with Crippen LogP contribution >= 0.6 is 11.9 Å². The molecule has 3 rings (SSSR count). The van der Waals surface area contributed by atoms with Crippen molar-refractivity contribution in [2.75, 3.05) is 6.54 Å². The summed E-state index contributed by atoms with van der Waals surface area (Å²) in [5.74, 6) is -0.221. The van der Waals surface area contributed by atoms with Crippen molar-refractivity contribution in [1.29, 1.82) is 5.41 Å². The molecule has 26 heavy (non-hydrogen) atoms. The number of ether oxygens (including phenoxy) is 1. The lowest BCUT2D eigenvalue weighted by atomic mass is 10.1. The first-order chi connectivity index (χ1) is 12.3. The Kier molecular flexibility index (Phi) is 5.24. The highest BCUT2D eigenvalue weighted by Crippen LogP contribution is 2.32. The van der Waals surface area contributed by atoms with E-state index in [4.69, 9.17) is 10.1 Å². The number of hydrogen-bond donors (Lipinski definition) is 2. The van der Waals surface area contributed by atoms with Crippen LogP contribution in [0.15, 0.2) is 30.3 Å². The van der Waals surface area contributed by atoms with E-state index in [-0.39, 0.29) is 11.9 Å². The van der Waals surface area contributed by atoms with E-state index < -0.39 is 17.7 Å². The van der Waals surface area contributed by atoms with Gasteiger partial charge in [-0.3, -0.25) is 15.1 Å². The average molecular weight is 376 g/mol. The fourth-order valence-electron chi connectivity index (χ4n) is 3.03. The summed E-state index contributed by atoms with van der Waals surface area (Å²) in [5.41, 5.74) is 3.41. The number of likely N-dealkylation sites (tertiary alicyclic amines) is 1. The third-order valence-electron chi connectivity index (χ3n) is 4.20. The number of nitrogens with one attached hydrogen (secondary N) is 2. The zero-order valence-corrected chi connectivity index (χ0v) is 16.0. The molecule has 2 fully saturated rings. The lowest BCUT2D eigenvalue weighted by molar-refractivity contribution is -0.132. The van der Waals surface area contributed by atoms with Crippen LogP contribution in [0.2, 0.25) is 0 Å². The van der Waals surface area contributed by atoms with E-state index >= 15 is 0 Å². The molecule has 7 nitrogen and oxygen atoms in total. The second-order valence-corrected chi connectivity index (χ2v) is 8.38. The fraction of sp³-hybridized carbons (Fsp3) is 0.500. The maximum atomic E-state index is 12.9. The van der Waals surface area contributed by atoms with Gasteiger partial charge in [-0.15, -0.1) is 0 Å². The Morgan fingerprint density at radius 1 is 1.27 bits per heavy atom. The molecule has 0 saturated carbocycles. The quantitative estimate of drug-likeness (QED) is 0.775. The number of hydrazine groups is 1. The average Bonchev–Trinajstić information content (AvgIpc) is 3.20. The molecule has 2 heterocycles. The summed E-state index contributed by atoms with van der Waals surface area (Å²) < 4.78 is 6.81. The minimum absolute atomic E-state index is 0.221. The zero-order chi connectivity index (χ0) is 18.9. The van der Waals surface area contributed by atoms with Gasteiger partial charge in [0.05, 0.1) is 0 Å². The summed E-state index contributed by atoms with van der Waals surface area (Å²) >= 11 is 1.07. The van der Waals surface area contributed by atoms with Gasteiger partial charge in [0.25, 0.3) is 5.91 Å². The molecule has 140 valence electrons. The molecule has 2 saturated heterocycles. The standard InChI is InChI=1S/C18H24N4O3S/c1-18(2,3)25-17(24)21-11-7-10-13(21)16(23)22-20-14(15(19)26-22)12-8-5-4-6-9-12/h4-6,8-9,13-14,19-20H,7,10-11H2,1-3H3/t13-,14?/m0/s1. The van der Waals surface area contributed by atoms with E-state index in [2.05, 4.69) is 5.43 Å². The number of carbonyl (C=O) groups is 2. The van der Waals surface area contributed by atoms with Crippen molar-refractivity contribution < 1.29 is 14.3 Å². The first-order valence-electron chi connectivity index (χ1n) is 8.67. The number of rotatable bonds is 2. The van der Waals surface area contributed by atoms with Crippen molar-refractivity contribution in [3.05, 3.63) is 35.9 Å². The maximum absolute atomic E-state index is 12.9. The summed E-state index contributed by atoms with van der Waals surface area (Å²) in [5, 5.41) is 8.55. The number of benzene rings is 1. The third kappa shape index (κ3) is 4.02. The summed E-state index contributed by atoms with van der Waals surface area (Å²) in [6.45, 7) is 5.92. The summed E-state index contributed by atoms with van der Waals surface area (Å²) in [7, 11) is 0. The summed E-state index contributed by atoms with van der Waals surface area (Å²) in [6, 6.07) is 8.65.